The Balaban J connectivity index is 2.17. The van der Waals surface area contributed by atoms with Crippen molar-refractivity contribution in [2.24, 2.45) is 0 Å². The Bertz CT molecular complexity index is 470. The Morgan fingerprint density at radius 1 is 1.23 bits per heavy atom. The topological polar surface area (TPSA) is 92.2 Å². The van der Waals surface area contributed by atoms with E-state index in [0.29, 0.717) is 25.9 Å². The summed E-state index contributed by atoms with van der Waals surface area (Å²) < 4.78 is 1.86. The Labute approximate surface area is 131 Å². The number of nitrogens with zero attached hydrogens (tertiary/aromatic N) is 4. The van der Waals surface area contributed by atoms with Crippen molar-refractivity contribution in [3.8, 4) is 0 Å². The third kappa shape index (κ3) is 5.71. The molecule has 22 heavy (non-hydrogen) atoms. The van der Waals surface area contributed by atoms with Crippen LogP contribution in [0.2, 0.25) is 0 Å². The summed E-state index contributed by atoms with van der Waals surface area (Å²) in [5, 5.41) is 13.2. The van der Waals surface area contributed by atoms with Crippen LogP contribution in [0.1, 0.15) is 39.4 Å². The van der Waals surface area contributed by atoms with Gasteiger partial charge in [0.2, 0.25) is 5.91 Å². The molecule has 0 radical (unpaired) electrons. The molecular formula is C14H26N6O2. The number of nitrogens with one attached hydrogen (secondary N) is 2. The third-order valence-electron chi connectivity index (χ3n) is 3.41. The van der Waals surface area contributed by atoms with E-state index in [0.717, 1.165) is 25.5 Å². The van der Waals surface area contributed by atoms with Crippen LogP contribution in [0.5, 0.6) is 0 Å². The van der Waals surface area contributed by atoms with Crippen LogP contribution >= 0.6 is 0 Å². The lowest BCUT2D eigenvalue weighted by molar-refractivity contribution is -0.130. The lowest BCUT2D eigenvalue weighted by Gasteiger charge is -2.18. The first-order valence-electron chi connectivity index (χ1n) is 7.78. The van der Waals surface area contributed by atoms with Crippen molar-refractivity contribution in [2.45, 2.75) is 46.7 Å². The monoisotopic (exact) mass is 310 g/mol. The number of urea groups is 1. The average molecular weight is 310 g/mol. The van der Waals surface area contributed by atoms with Crippen molar-refractivity contribution in [2.75, 3.05) is 19.6 Å². The van der Waals surface area contributed by atoms with Gasteiger partial charge in [0.15, 0.2) is 5.82 Å². The van der Waals surface area contributed by atoms with Crippen LogP contribution < -0.4 is 10.6 Å². The van der Waals surface area contributed by atoms with Crippen LogP contribution in [0.25, 0.3) is 0 Å². The van der Waals surface area contributed by atoms with E-state index in [1.807, 2.05) is 25.3 Å². The standard InChI is InChI=1S/C14H26N6O2/c1-4-19(5-2)13(21)8-7-9-15-14(22)16-10-12-18-17-11-20(12)6-3/h11H,4-10H2,1-3H3,(H2,15,16,22). The van der Waals surface area contributed by atoms with E-state index in [2.05, 4.69) is 20.8 Å². The number of hydrogen-bond acceptors (Lipinski definition) is 4. The Kier molecular flexibility index (Phi) is 7.95. The number of aromatic nitrogens is 3. The predicted molar refractivity (Wildman–Crippen MR) is 83.1 cm³/mol. The lowest BCUT2D eigenvalue weighted by atomic mass is 10.2. The molecule has 1 heterocycles. The molecule has 0 atom stereocenters. The quantitative estimate of drug-likeness (QED) is 0.658. The summed E-state index contributed by atoms with van der Waals surface area (Å²) >= 11 is 0. The number of carbonyl (C=O) groups excluding carboxylic acids is 2. The number of rotatable bonds is 9. The second kappa shape index (κ2) is 9.75. The highest BCUT2D eigenvalue weighted by Crippen LogP contribution is 1.97. The molecule has 1 rings (SSSR count). The van der Waals surface area contributed by atoms with E-state index >= 15 is 0 Å². The number of carbonyl (C=O) groups is 2. The Hall–Kier alpha value is -2.12. The SMILES string of the molecule is CCN(CC)C(=O)CCCNC(=O)NCc1nncn1CC. The highest BCUT2D eigenvalue weighted by molar-refractivity contribution is 5.76. The van der Waals surface area contributed by atoms with E-state index in [1.54, 1.807) is 11.2 Å². The number of amides is 3. The van der Waals surface area contributed by atoms with Crippen molar-refractivity contribution >= 4 is 11.9 Å². The summed E-state index contributed by atoms with van der Waals surface area (Å²) in [5.74, 6) is 0.845. The molecule has 2 N–H and O–H groups in total. The normalized spacial score (nSPS) is 10.3. The zero-order valence-electron chi connectivity index (χ0n) is 13.6. The summed E-state index contributed by atoms with van der Waals surface area (Å²) in [6.45, 7) is 8.92. The molecule has 8 heteroatoms. The Morgan fingerprint density at radius 2 is 1.95 bits per heavy atom. The second-order valence-electron chi connectivity index (χ2n) is 4.81. The maximum Gasteiger partial charge on any atom is 0.315 e. The zero-order chi connectivity index (χ0) is 16.4. The predicted octanol–water partition coefficient (Wildman–Crippen LogP) is 0.746. The molecule has 1 aromatic heterocycles. The summed E-state index contributed by atoms with van der Waals surface area (Å²) in [5.41, 5.74) is 0. The molecule has 1 aromatic rings. The Morgan fingerprint density at radius 3 is 2.59 bits per heavy atom. The highest BCUT2D eigenvalue weighted by atomic mass is 16.2. The van der Waals surface area contributed by atoms with Gasteiger partial charge in [0, 0.05) is 32.6 Å². The first kappa shape index (κ1) is 17.9. The molecule has 8 nitrogen and oxygen atoms in total. The number of hydrogen-bond donors (Lipinski definition) is 2. The van der Waals surface area contributed by atoms with Crippen LogP contribution in [-0.2, 0) is 17.9 Å². The van der Waals surface area contributed by atoms with Gasteiger partial charge < -0.3 is 20.1 Å². The van der Waals surface area contributed by atoms with Crippen LogP contribution in [0.15, 0.2) is 6.33 Å². The van der Waals surface area contributed by atoms with Crippen LogP contribution in [-0.4, -0.2) is 51.2 Å². The summed E-state index contributed by atoms with van der Waals surface area (Å²) in [4.78, 5) is 25.2. The molecule has 0 saturated carbocycles. The van der Waals surface area contributed by atoms with Crippen LogP contribution in [0, 0.1) is 0 Å². The maximum atomic E-state index is 11.8. The van der Waals surface area contributed by atoms with Crippen molar-refractivity contribution < 1.29 is 9.59 Å². The molecule has 0 fully saturated rings. The van der Waals surface area contributed by atoms with Crippen molar-refractivity contribution in [1.29, 1.82) is 0 Å². The minimum absolute atomic E-state index is 0.128. The van der Waals surface area contributed by atoms with Gasteiger partial charge in [-0.05, 0) is 27.2 Å². The van der Waals surface area contributed by atoms with Gasteiger partial charge in [0.1, 0.15) is 6.33 Å². The van der Waals surface area contributed by atoms with Crippen LogP contribution in [0.4, 0.5) is 4.79 Å². The number of aryl methyl sites for hydroxylation is 1. The van der Waals surface area contributed by atoms with Gasteiger partial charge in [-0.2, -0.15) is 0 Å². The molecule has 3 amide bonds. The first-order chi connectivity index (χ1) is 10.6. The lowest BCUT2D eigenvalue weighted by Crippen LogP contribution is -2.37. The smallest absolute Gasteiger partial charge is 0.315 e. The first-order valence-corrected chi connectivity index (χ1v) is 7.78. The van der Waals surface area contributed by atoms with Gasteiger partial charge in [-0.3, -0.25) is 4.79 Å². The third-order valence-corrected chi connectivity index (χ3v) is 3.41. The van der Waals surface area contributed by atoms with Gasteiger partial charge >= 0.3 is 6.03 Å². The van der Waals surface area contributed by atoms with E-state index in [-0.39, 0.29) is 11.9 Å². The minimum atomic E-state index is -0.263. The molecule has 0 aromatic carbocycles. The van der Waals surface area contributed by atoms with Gasteiger partial charge in [-0.15, -0.1) is 10.2 Å². The van der Waals surface area contributed by atoms with Crippen molar-refractivity contribution in [1.82, 2.24) is 30.3 Å². The van der Waals surface area contributed by atoms with Crippen LogP contribution in [0.3, 0.4) is 0 Å². The van der Waals surface area contributed by atoms with Gasteiger partial charge in [-0.25, -0.2) is 4.79 Å². The highest BCUT2D eigenvalue weighted by Gasteiger charge is 2.09. The van der Waals surface area contributed by atoms with Gasteiger partial charge in [0.05, 0.1) is 6.54 Å². The second-order valence-corrected chi connectivity index (χ2v) is 4.81. The molecule has 0 aliphatic heterocycles. The molecule has 0 aliphatic rings. The van der Waals surface area contributed by atoms with Crippen molar-refractivity contribution in [3.63, 3.8) is 0 Å². The zero-order valence-corrected chi connectivity index (χ0v) is 13.6. The fourth-order valence-corrected chi connectivity index (χ4v) is 2.08. The summed E-state index contributed by atoms with van der Waals surface area (Å²) in [6.07, 6.45) is 2.72. The summed E-state index contributed by atoms with van der Waals surface area (Å²) in [7, 11) is 0. The largest absolute Gasteiger partial charge is 0.343 e. The van der Waals surface area contributed by atoms with E-state index in [1.165, 1.54) is 0 Å². The molecule has 0 spiro atoms. The molecule has 0 unspecified atom stereocenters. The van der Waals surface area contributed by atoms with Gasteiger partial charge in [-0.1, -0.05) is 0 Å². The minimum Gasteiger partial charge on any atom is -0.343 e. The van der Waals surface area contributed by atoms with E-state index in [9.17, 15) is 9.59 Å². The molecule has 0 saturated heterocycles. The molecular weight excluding hydrogens is 284 g/mol. The van der Waals surface area contributed by atoms with Gasteiger partial charge in [0.25, 0.3) is 0 Å². The fourth-order valence-electron chi connectivity index (χ4n) is 2.08. The average Bonchev–Trinajstić information content (AvgIpc) is 2.98. The maximum absolute atomic E-state index is 11.8. The molecule has 0 aliphatic carbocycles. The molecule has 124 valence electrons. The van der Waals surface area contributed by atoms with E-state index < -0.39 is 0 Å². The molecule has 0 bridgehead atoms. The fraction of sp³-hybridized carbons (Fsp3) is 0.714. The van der Waals surface area contributed by atoms with Crippen molar-refractivity contribution in [3.05, 3.63) is 12.2 Å². The van der Waals surface area contributed by atoms with E-state index in [4.69, 9.17) is 0 Å². The summed E-state index contributed by atoms with van der Waals surface area (Å²) in [6, 6.07) is -0.263.